The van der Waals surface area contributed by atoms with Crippen molar-refractivity contribution < 1.29 is 10.0 Å². The fourth-order valence-corrected chi connectivity index (χ4v) is 3.27. The molecule has 5 heteroatoms. The van der Waals surface area contributed by atoms with Gasteiger partial charge < -0.3 is 5.21 Å². The first-order valence-corrected chi connectivity index (χ1v) is 7.05. The van der Waals surface area contributed by atoms with E-state index in [4.69, 9.17) is 5.21 Å². The molecule has 1 N–H and O–H groups in total. The molecule has 1 atom stereocenters. The van der Waals surface area contributed by atoms with Crippen molar-refractivity contribution in [2.45, 2.75) is 29.4 Å². The lowest BCUT2D eigenvalue weighted by atomic mass is 9.97. The summed E-state index contributed by atoms with van der Waals surface area (Å²) in [4.78, 5) is 12.6. The van der Waals surface area contributed by atoms with E-state index in [9.17, 15) is 4.79 Å². The van der Waals surface area contributed by atoms with Crippen LogP contribution in [0.2, 0.25) is 0 Å². The van der Waals surface area contributed by atoms with Crippen molar-refractivity contribution in [1.29, 1.82) is 0 Å². The first kappa shape index (κ1) is 12.6. The molecule has 17 heavy (non-hydrogen) atoms. The van der Waals surface area contributed by atoms with Gasteiger partial charge in [-0.15, -0.1) is 11.8 Å². The molecule has 1 saturated carbocycles. The van der Waals surface area contributed by atoms with Crippen molar-refractivity contribution in [2.75, 3.05) is 0 Å². The van der Waals surface area contributed by atoms with E-state index in [0.717, 1.165) is 22.2 Å². The average Bonchev–Trinajstić information content (AvgIpc) is 2.32. The second-order valence-corrected chi connectivity index (χ2v) is 6.05. The second kappa shape index (κ2) is 5.69. The number of thioether (sulfide) groups is 1. The Labute approximate surface area is 112 Å². The third-order valence-corrected chi connectivity index (χ3v) is 4.48. The van der Waals surface area contributed by atoms with Crippen LogP contribution in [0.5, 0.6) is 0 Å². The van der Waals surface area contributed by atoms with Crippen LogP contribution in [0.1, 0.15) is 19.3 Å². The van der Waals surface area contributed by atoms with Gasteiger partial charge in [0.2, 0.25) is 0 Å². The largest absolute Gasteiger partial charge is 0.411 e. The van der Waals surface area contributed by atoms with Gasteiger partial charge in [0, 0.05) is 15.8 Å². The maximum absolute atomic E-state index is 11.6. The molecule has 0 aromatic heterocycles. The molecule has 1 aliphatic rings. The molecular formula is C12H12BrNO2S. The van der Waals surface area contributed by atoms with E-state index in [1.165, 1.54) is 0 Å². The Hall–Kier alpha value is -0.810. The van der Waals surface area contributed by atoms with Crippen molar-refractivity contribution >= 4 is 39.2 Å². The Bertz CT molecular complexity index is 444. The van der Waals surface area contributed by atoms with Crippen LogP contribution in [0.4, 0.5) is 0 Å². The van der Waals surface area contributed by atoms with Crippen molar-refractivity contribution in [3.63, 3.8) is 0 Å². The third kappa shape index (κ3) is 3.10. The number of benzene rings is 1. The fraction of sp³-hybridized carbons (Fsp3) is 0.333. The molecular weight excluding hydrogens is 302 g/mol. The van der Waals surface area contributed by atoms with Crippen LogP contribution < -0.4 is 0 Å². The van der Waals surface area contributed by atoms with Gasteiger partial charge in [0.1, 0.15) is 5.71 Å². The number of rotatable bonds is 2. The molecule has 0 amide bonds. The van der Waals surface area contributed by atoms with Gasteiger partial charge in [-0.05, 0) is 37.1 Å². The number of Topliss-reactive ketones (excluding diaryl/α,β-unsaturated/α-hetero) is 1. The van der Waals surface area contributed by atoms with Crippen LogP contribution in [0.3, 0.4) is 0 Å². The van der Waals surface area contributed by atoms with Crippen LogP contribution in [-0.2, 0) is 4.79 Å². The minimum absolute atomic E-state index is 0.0255. The average molecular weight is 314 g/mol. The van der Waals surface area contributed by atoms with E-state index in [1.54, 1.807) is 11.8 Å². The van der Waals surface area contributed by atoms with Gasteiger partial charge in [-0.3, -0.25) is 4.79 Å². The van der Waals surface area contributed by atoms with Crippen molar-refractivity contribution in [3.05, 3.63) is 28.7 Å². The molecule has 1 aromatic carbocycles. The maximum Gasteiger partial charge on any atom is 0.181 e. The van der Waals surface area contributed by atoms with E-state index in [1.807, 2.05) is 24.3 Å². The van der Waals surface area contributed by atoms with Crippen LogP contribution in [0.15, 0.2) is 38.8 Å². The molecule has 0 saturated heterocycles. The molecule has 90 valence electrons. The molecule has 1 aromatic rings. The van der Waals surface area contributed by atoms with Crippen molar-refractivity contribution in [2.24, 2.45) is 5.16 Å². The van der Waals surface area contributed by atoms with Gasteiger partial charge in [0.15, 0.2) is 5.78 Å². The molecule has 0 aliphatic heterocycles. The summed E-state index contributed by atoms with van der Waals surface area (Å²) in [5.74, 6) is -0.0339. The van der Waals surface area contributed by atoms with E-state index in [2.05, 4.69) is 21.1 Å². The zero-order chi connectivity index (χ0) is 12.3. The minimum atomic E-state index is -0.0339. The van der Waals surface area contributed by atoms with E-state index >= 15 is 0 Å². The summed E-state index contributed by atoms with van der Waals surface area (Å²) >= 11 is 4.96. The third-order valence-electron chi connectivity index (χ3n) is 2.66. The quantitative estimate of drug-likeness (QED) is 0.671. The summed E-state index contributed by atoms with van der Waals surface area (Å²) < 4.78 is 1.03. The highest BCUT2D eigenvalue weighted by Crippen LogP contribution is 2.31. The van der Waals surface area contributed by atoms with Gasteiger partial charge in [-0.25, -0.2) is 0 Å². The molecule has 0 radical (unpaired) electrons. The molecule has 2 rings (SSSR count). The lowest BCUT2D eigenvalue weighted by Crippen LogP contribution is -2.30. The molecule has 1 aliphatic carbocycles. The first-order chi connectivity index (χ1) is 8.20. The molecule has 0 heterocycles. The summed E-state index contributed by atoms with van der Waals surface area (Å²) in [6.07, 6.45) is 2.24. The smallest absolute Gasteiger partial charge is 0.181 e. The SMILES string of the molecule is O=C1CCCC(Sc2ccc(Br)cc2)/C1=N/O. The predicted molar refractivity (Wildman–Crippen MR) is 71.9 cm³/mol. The molecule has 3 nitrogen and oxygen atoms in total. The van der Waals surface area contributed by atoms with Gasteiger partial charge in [-0.2, -0.15) is 0 Å². The van der Waals surface area contributed by atoms with Gasteiger partial charge in [0.25, 0.3) is 0 Å². The minimum Gasteiger partial charge on any atom is -0.411 e. The summed E-state index contributed by atoms with van der Waals surface area (Å²) in [6, 6.07) is 7.90. The summed E-state index contributed by atoms with van der Waals surface area (Å²) in [5, 5.41) is 12.0. The Morgan fingerprint density at radius 2 is 2.06 bits per heavy atom. The molecule has 0 spiro atoms. The molecule has 1 fully saturated rings. The number of oxime groups is 1. The zero-order valence-corrected chi connectivity index (χ0v) is 11.5. The van der Waals surface area contributed by atoms with E-state index in [-0.39, 0.29) is 11.0 Å². The monoisotopic (exact) mass is 313 g/mol. The number of ketones is 1. The Kier molecular flexibility index (Phi) is 4.23. The maximum atomic E-state index is 11.6. The topological polar surface area (TPSA) is 49.7 Å². The number of carbonyl (C=O) groups excluding carboxylic acids is 1. The zero-order valence-electron chi connectivity index (χ0n) is 9.10. The molecule has 0 bridgehead atoms. The predicted octanol–water partition coefficient (Wildman–Crippen LogP) is 3.49. The van der Waals surface area contributed by atoms with E-state index in [0.29, 0.717) is 12.1 Å². The van der Waals surface area contributed by atoms with Crippen LogP contribution in [-0.4, -0.2) is 22.0 Å². The van der Waals surface area contributed by atoms with Gasteiger partial charge in [0.05, 0.1) is 5.25 Å². The van der Waals surface area contributed by atoms with Crippen molar-refractivity contribution in [3.8, 4) is 0 Å². The number of halogens is 1. The fourth-order valence-electron chi connectivity index (χ4n) is 1.80. The number of nitrogens with zero attached hydrogens (tertiary/aromatic N) is 1. The Morgan fingerprint density at radius 1 is 1.35 bits per heavy atom. The van der Waals surface area contributed by atoms with Crippen LogP contribution >= 0.6 is 27.7 Å². The number of hydrogen-bond acceptors (Lipinski definition) is 4. The Morgan fingerprint density at radius 3 is 2.71 bits per heavy atom. The van der Waals surface area contributed by atoms with Gasteiger partial charge >= 0.3 is 0 Å². The highest BCUT2D eigenvalue weighted by Gasteiger charge is 2.28. The molecule has 1 unspecified atom stereocenters. The van der Waals surface area contributed by atoms with Crippen LogP contribution in [0, 0.1) is 0 Å². The normalized spacial score (nSPS) is 23.0. The van der Waals surface area contributed by atoms with Crippen molar-refractivity contribution in [1.82, 2.24) is 0 Å². The highest BCUT2D eigenvalue weighted by molar-refractivity contribution is 9.10. The van der Waals surface area contributed by atoms with Gasteiger partial charge in [-0.1, -0.05) is 21.1 Å². The van der Waals surface area contributed by atoms with E-state index < -0.39 is 0 Å². The lowest BCUT2D eigenvalue weighted by Gasteiger charge is -2.21. The highest BCUT2D eigenvalue weighted by atomic mass is 79.9. The van der Waals surface area contributed by atoms with Crippen LogP contribution in [0.25, 0.3) is 0 Å². The lowest BCUT2D eigenvalue weighted by molar-refractivity contribution is -0.113. The Balaban J connectivity index is 2.12. The number of hydrogen-bond donors (Lipinski definition) is 1. The first-order valence-electron chi connectivity index (χ1n) is 5.38. The number of carbonyl (C=O) groups is 1. The summed E-state index contributed by atoms with van der Waals surface area (Å²) in [7, 11) is 0. The second-order valence-electron chi connectivity index (χ2n) is 3.86. The summed E-state index contributed by atoms with van der Waals surface area (Å²) in [5.41, 5.74) is 0.309. The summed E-state index contributed by atoms with van der Waals surface area (Å²) in [6.45, 7) is 0. The standard InChI is InChI=1S/C12H12BrNO2S/c13-8-4-6-9(7-5-8)17-11-3-1-2-10(15)12(11)14-16/h4-7,11,16H,1-3H2/b14-12+.